The van der Waals surface area contributed by atoms with Crippen molar-refractivity contribution in [1.82, 2.24) is 5.32 Å². The van der Waals surface area contributed by atoms with Crippen molar-refractivity contribution in [2.24, 2.45) is 17.8 Å². The van der Waals surface area contributed by atoms with Gasteiger partial charge in [-0.2, -0.15) is 0 Å². The van der Waals surface area contributed by atoms with E-state index in [2.05, 4.69) is 12.2 Å². The predicted octanol–water partition coefficient (Wildman–Crippen LogP) is 2.57. The van der Waals surface area contributed by atoms with E-state index >= 15 is 0 Å². The van der Waals surface area contributed by atoms with Gasteiger partial charge in [0.2, 0.25) is 5.91 Å². The number of carbonyl (C=O) groups is 2. The van der Waals surface area contributed by atoms with Crippen LogP contribution in [0.4, 0.5) is 0 Å². The highest BCUT2D eigenvalue weighted by Gasteiger charge is 2.36. The molecular weight excluding hydrogens is 242 g/mol. The van der Waals surface area contributed by atoms with Crippen LogP contribution in [0.15, 0.2) is 0 Å². The van der Waals surface area contributed by atoms with Crippen molar-refractivity contribution in [3.05, 3.63) is 0 Å². The zero-order valence-corrected chi connectivity index (χ0v) is 11.7. The van der Waals surface area contributed by atoms with Crippen molar-refractivity contribution in [2.45, 2.75) is 64.3 Å². The minimum Gasteiger partial charge on any atom is -0.481 e. The standard InChI is InChI=1S/C15H25NO3/c1-2-11(9-10-7-8-10)16-14(17)12-5-3-4-6-13(12)15(18)19/h10-13H,2-9H2,1H3,(H,16,17)(H,18,19). The smallest absolute Gasteiger partial charge is 0.307 e. The molecule has 0 aromatic carbocycles. The number of carboxylic acid groups (broad SMARTS) is 1. The van der Waals surface area contributed by atoms with E-state index in [-0.39, 0.29) is 17.9 Å². The summed E-state index contributed by atoms with van der Waals surface area (Å²) in [6, 6.07) is 0.233. The number of hydrogen-bond acceptors (Lipinski definition) is 2. The fourth-order valence-electron chi connectivity index (χ4n) is 3.13. The highest BCUT2D eigenvalue weighted by Crippen LogP contribution is 2.35. The average Bonchev–Trinajstić information content (AvgIpc) is 3.21. The second-order valence-electron chi connectivity index (χ2n) is 6.13. The molecule has 0 aromatic heterocycles. The summed E-state index contributed by atoms with van der Waals surface area (Å²) in [4.78, 5) is 23.5. The van der Waals surface area contributed by atoms with E-state index in [4.69, 9.17) is 0 Å². The molecule has 1 amide bonds. The van der Waals surface area contributed by atoms with Crippen LogP contribution in [0.3, 0.4) is 0 Å². The van der Waals surface area contributed by atoms with E-state index in [1.165, 1.54) is 12.8 Å². The molecule has 0 heterocycles. The molecule has 108 valence electrons. The third-order valence-corrected chi connectivity index (χ3v) is 4.57. The van der Waals surface area contributed by atoms with Crippen LogP contribution in [-0.2, 0) is 9.59 Å². The molecule has 2 saturated carbocycles. The van der Waals surface area contributed by atoms with Gasteiger partial charge in [0.15, 0.2) is 0 Å². The normalized spacial score (nSPS) is 28.7. The van der Waals surface area contributed by atoms with E-state index in [1.807, 2.05) is 0 Å². The molecule has 19 heavy (non-hydrogen) atoms. The summed E-state index contributed by atoms with van der Waals surface area (Å²) < 4.78 is 0. The van der Waals surface area contributed by atoms with Crippen LogP contribution in [0, 0.1) is 17.8 Å². The number of carboxylic acids is 1. The Kier molecular flexibility index (Phi) is 4.83. The first kappa shape index (κ1) is 14.4. The van der Waals surface area contributed by atoms with Gasteiger partial charge in [0.05, 0.1) is 11.8 Å². The number of carbonyl (C=O) groups excluding carboxylic acids is 1. The van der Waals surface area contributed by atoms with Crippen molar-refractivity contribution in [2.75, 3.05) is 0 Å². The fraction of sp³-hybridized carbons (Fsp3) is 0.867. The second kappa shape index (κ2) is 6.40. The molecule has 3 atom stereocenters. The van der Waals surface area contributed by atoms with Crippen LogP contribution in [-0.4, -0.2) is 23.0 Å². The second-order valence-corrected chi connectivity index (χ2v) is 6.13. The Morgan fingerprint density at radius 2 is 1.79 bits per heavy atom. The molecular formula is C15H25NO3. The van der Waals surface area contributed by atoms with Crippen molar-refractivity contribution in [3.8, 4) is 0 Å². The highest BCUT2D eigenvalue weighted by atomic mass is 16.4. The van der Waals surface area contributed by atoms with Gasteiger partial charge in [-0.1, -0.05) is 32.6 Å². The maximum Gasteiger partial charge on any atom is 0.307 e. The summed E-state index contributed by atoms with van der Waals surface area (Å²) in [5, 5.41) is 12.3. The summed E-state index contributed by atoms with van der Waals surface area (Å²) in [5.41, 5.74) is 0. The SMILES string of the molecule is CCC(CC1CC1)NC(=O)C1CCCCC1C(=O)O. The van der Waals surface area contributed by atoms with Crippen LogP contribution in [0.2, 0.25) is 0 Å². The molecule has 0 radical (unpaired) electrons. The van der Waals surface area contributed by atoms with E-state index < -0.39 is 11.9 Å². The van der Waals surface area contributed by atoms with Crippen molar-refractivity contribution < 1.29 is 14.7 Å². The first-order valence-corrected chi connectivity index (χ1v) is 7.65. The van der Waals surface area contributed by atoms with Gasteiger partial charge in [0.25, 0.3) is 0 Å². The quantitative estimate of drug-likeness (QED) is 0.777. The molecule has 2 rings (SSSR count). The van der Waals surface area contributed by atoms with E-state index in [0.717, 1.165) is 38.0 Å². The molecule has 4 nitrogen and oxygen atoms in total. The maximum absolute atomic E-state index is 12.3. The first-order chi connectivity index (χ1) is 9.11. The fourth-order valence-corrected chi connectivity index (χ4v) is 3.13. The first-order valence-electron chi connectivity index (χ1n) is 7.65. The van der Waals surface area contributed by atoms with Crippen LogP contribution in [0.5, 0.6) is 0 Å². The van der Waals surface area contributed by atoms with E-state index in [9.17, 15) is 14.7 Å². The lowest BCUT2D eigenvalue weighted by atomic mass is 9.78. The number of hydrogen-bond donors (Lipinski definition) is 2. The summed E-state index contributed by atoms with van der Waals surface area (Å²) in [7, 11) is 0. The lowest BCUT2D eigenvalue weighted by Gasteiger charge is -2.29. The molecule has 0 aromatic rings. The minimum absolute atomic E-state index is 0.0281. The van der Waals surface area contributed by atoms with Crippen molar-refractivity contribution in [3.63, 3.8) is 0 Å². The van der Waals surface area contributed by atoms with E-state index in [1.54, 1.807) is 0 Å². The van der Waals surface area contributed by atoms with Gasteiger partial charge in [0, 0.05) is 6.04 Å². The zero-order chi connectivity index (χ0) is 13.8. The number of nitrogens with one attached hydrogen (secondary N) is 1. The topological polar surface area (TPSA) is 66.4 Å². The Balaban J connectivity index is 1.90. The lowest BCUT2D eigenvalue weighted by Crippen LogP contribution is -2.44. The third-order valence-electron chi connectivity index (χ3n) is 4.57. The Hall–Kier alpha value is -1.06. The van der Waals surface area contributed by atoms with Crippen molar-refractivity contribution >= 4 is 11.9 Å². The van der Waals surface area contributed by atoms with Crippen LogP contribution >= 0.6 is 0 Å². The molecule has 2 fully saturated rings. The molecule has 3 unspecified atom stereocenters. The number of rotatable bonds is 6. The summed E-state index contributed by atoms with van der Waals surface area (Å²) in [6.45, 7) is 2.09. The molecule has 0 bridgehead atoms. The van der Waals surface area contributed by atoms with E-state index in [0.29, 0.717) is 6.42 Å². The van der Waals surface area contributed by atoms with Crippen LogP contribution in [0.25, 0.3) is 0 Å². The molecule has 2 N–H and O–H groups in total. The predicted molar refractivity (Wildman–Crippen MR) is 72.6 cm³/mol. The summed E-state index contributed by atoms with van der Waals surface area (Å²) in [5.74, 6) is -0.853. The molecule has 0 aliphatic heterocycles. The molecule has 2 aliphatic carbocycles. The van der Waals surface area contributed by atoms with Gasteiger partial charge in [-0.05, 0) is 31.6 Å². The monoisotopic (exact) mass is 267 g/mol. The van der Waals surface area contributed by atoms with Crippen molar-refractivity contribution in [1.29, 1.82) is 0 Å². The Morgan fingerprint density at radius 3 is 2.32 bits per heavy atom. The van der Waals surface area contributed by atoms with Gasteiger partial charge in [-0.3, -0.25) is 9.59 Å². The van der Waals surface area contributed by atoms with Gasteiger partial charge < -0.3 is 10.4 Å². The minimum atomic E-state index is -0.810. The largest absolute Gasteiger partial charge is 0.481 e. The molecule has 4 heteroatoms. The maximum atomic E-state index is 12.3. The van der Waals surface area contributed by atoms with Gasteiger partial charge in [0.1, 0.15) is 0 Å². The number of amides is 1. The molecule has 0 saturated heterocycles. The number of aliphatic carboxylic acids is 1. The zero-order valence-electron chi connectivity index (χ0n) is 11.7. The van der Waals surface area contributed by atoms with Gasteiger partial charge in [-0.15, -0.1) is 0 Å². The highest BCUT2D eigenvalue weighted by molar-refractivity contribution is 5.85. The lowest BCUT2D eigenvalue weighted by molar-refractivity contribution is -0.149. The average molecular weight is 267 g/mol. The van der Waals surface area contributed by atoms with Crippen LogP contribution < -0.4 is 5.32 Å². The van der Waals surface area contributed by atoms with Gasteiger partial charge >= 0.3 is 5.97 Å². The summed E-state index contributed by atoms with van der Waals surface area (Å²) in [6.07, 6.45) is 7.84. The summed E-state index contributed by atoms with van der Waals surface area (Å²) >= 11 is 0. The third kappa shape index (κ3) is 3.95. The Bertz CT molecular complexity index is 338. The van der Waals surface area contributed by atoms with Crippen LogP contribution in [0.1, 0.15) is 58.3 Å². The Morgan fingerprint density at radius 1 is 1.16 bits per heavy atom. The van der Waals surface area contributed by atoms with Gasteiger partial charge in [-0.25, -0.2) is 0 Å². The molecule has 0 spiro atoms. The molecule has 2 aliphatic rings. The Labute approximate surface area is 115 Å².